The van der Waals surface area contributed by atoms with Gasteiger partial charge in [0.05, 0.1) is 19.0 Å². The second-order valence-electron chi connectivity index (χ2n) is 4.77. The zero-order valence-corrected chi connectivity index (χ0v) is 12.6. The van der Waals surface area contributed by atoms with Crippen molar-refractivity contribution in [2.75, 3.05) is 17.7 Å². The average Bonchev–Trinajstić information content (AvgIpc) is 2.58. The molecule has 3 aromatic rings. The Morgan fingerprint density at radius 1 is 1.00 bits per heavy atom. The lowest BCUT2D eigenvalue weighted by atomic mass is 10.3. The number of ether oxygens (including phenoxy) is 1. The number of hydrogen-bond donors (Lipinski definition) is 2. The Labute approximate surface area is 136 Å². The summed E-state index contributed by atoms with van der Waals surface area (Å²) in [5.41, 5.74) is 0.829. The molecule has 1 aromatic heterocycles. The van der Waals surface area contributed by atoms with E-state index in [0.717, 1.165) is 23.6 Å². The fourth-order valence-electron chi connectivity index (χ4n) is 1.95. The van der Waals surface area contributed by atoms with Gasteiger partial charge in [0.25, 0.3) is 0 Å². The van der Waals surface area contributed by atoms with Crippen LogP contribution >= 0.6 is 0 Å². The molecule has 122 valence electrons. The fraction of sp³-hybridized carbons (Fsp3) is 0.0625. The molecule has 24 heavy (non-hydrogen) atoms. The number of halogens is 2. The predicted octanol–water partition coefficient (Wildman–Crippen LogP) is 3.65. The summed E-state index contributed by atoms with van der Waals surface area (Å²) < 4.78 is 31.7. The van der Waals surface area contributed by atoms with Gasteiger partial charge in [-0.1, -0.05) is 0 Å². The fourth-order valence-corrected chi connectivity index (χ4v) is 1.95. The maximum Gasteiger partial charge on any atom is 0.249 e. The zero-order chi connectivity index (χ0) is 16.9. The van der Waals surface area contributed by atoms with Crippen molar-refractivity contribution in [3.8, 4) is 5.75 Å². The molecule has 6 nitrogen and oxygen atoms in total. The van der Waals surface area contributed by atoms with Crippen molar-refractivity contribution >= 4 is 23.1 Å². The summed E-state index contributed by atoms with van der Waals surface area (Å²) in [4.78, 5) is 4.18. The van der Waals surface area contributed by atoms with Gasteiger partial charge in [-0.05, 0) is 36.4 Å². The van der Waals surface area contributed by atoms with E-state index in [0.29, 0.717) is 5.82 Å². The molecule has 0 aliphatic heterocycles. The zero-order valence-electron chi connectivity index (χ0n) is 12.6. The van der Waals surface area contributed by atoms with E-state index in [1.54, 1.807) is 19.2 Å². The van der Waals surface area contributed by atoms with Crippen LogP contribution in [0.1, 0.15) is 0 Å². The van der Waals surface area contributed by atoms with E-state index in [1.165, 1.54) is 12.3 Å². The molecule has 0 spiro atoms. The van der Waals surface area contributed by atoms with Crippen molar-refractivity contribution < 1.29 is 13.5 Å². The monoisotopic (exact) mass is 329 g/mol. The molecule has 2 N–H and O–H groups in total. The van der Waals surface area contributed by atoms with E-state index >= 15 is 0 Å². The first kappa shape index (κ1) is 15.6. The van der Waals surface area contributed by atoms with Crippen LogP contribution in [0.3, 0.4) is 0 Å². The predicted molar refractivity (Wildman–Crippen MR) is 85.7 cm³/mol. The van der Waals surface area contributed by atoms with E-state index in [4.69, 9.17) is 4.74 Å². The lowest BCUT2D eigenvalue weighted by molar-refractivity contribution is 0.415. The average molecular weight is 329 g/mol. The SMILES string of the molecule is COc1ccc(Nc2cnnc(Nc3ccc(F)cc3F)n2)cc1. The summed E-state index contributed by atoms with van der Waals surface area (Å²) in [6.45, 7) is 0. The molecular formula is C16H13F2N5O. The third-order valence-corrected chi connectivity index (χ3v) is 3.10. The third kappa shape index (κ3) is 3.72. The maximum atomic E-state index is 13.6. The van der Waals surface area contributed by atoms with Crippen LogP contribution in [-0.4, -0.2) is 22.3 Å². The van der Waals surface area contributed by atoms with Crippen molar-refractivity contribution in [1.29, 1.82) is 0 Å². The molecule has 2 aromatic carbocycles. The standard InChI is InChI=1S/C16H13F2N5O/c1-24-12-5-3-11(4-6-12)20-15-9-19-23-16(22-15)21-14-7-2-10(17)8-13(14)18/h2-9H,1H3,(H2,20,21,22,23). The molecule has 0 bridgehead atoms. The molecule has 0 saturated heterocycles. The number of rotatable bonds is 5. The van der Waals surface area contributed by atoms with Crippen LogP contribution in [0.15, 0.2) is 48.7 Å². The summed E-state index contributed by atoms with van der Waals surface area (Å²) in [5.74, 6) is -0.172. The minimum Gasteiger partial charge on any atom is -0.497 e. The molecule has 3 rings (SSSR count). The highest BCUT2D eigenvalue weighted by Crippen LogP contribution is 2.21. The van der Waals surface area contributed by atoms with E-state index in [9.17, 15) is 8.78 Å². The number of methoxy groups -OCH3 is 1. The molecule has 0 aliphatic rings. The highest BCUT2D eigenvalue weighted by atomic mass is 19.1. The van der Waals surface area contributed by atoms with Gasteiger partial charge in [-0.2, -0.15) is 10.1 Å². The van der Waals surface area contributed by atoms with Crippen LogP contribution in [0.5, 0.6) is 5.75 Å². The van der Waals surface area contributed by atoms with Gasteiger partial charge < -0.3 is 15.4 Å². The largest absolute Gasteiger partial charge is 0.497 e. The summed E-state index contributed by atoms with van der Waals surface area (Å²) in [6, 6.07) is 10.4. The first-order valence-electron chi connectivity index (χ1n) is 6.97. The Hall–Kier alpha value is -3.29. The normalized spacial score (nSPS) is 10.3. The minimum absolute atomic E-state index is 0.0554. The number of anilines is 4. The van der Waals surface area contributed by atoms with Crippen LogP contribution in [0, 0.1) is 11.6 Å². The van der Waals surface area contributed by atoms with Gasteiger partial charge >= 0.3 is 0 Å². The highest BCUT2D eigenvalue weighted by Gasteiger charge is 2.07. The second kappa shape index (κ2) is 6.86. The summed E-state index contributed by atoms with van der Waals surface area (Å²) in [7, 11) is 1.59. The number of hydrogen-bond acceptors (Lipinski definition) is 6. The number of nitrogens with zero attached hydrogens (tertiary/aromatic N) is 3. The van der Waals surface area contributed by atoms with E-state index in [1.807, 2.05) is 12.1 Å². The van der Waals surface area contributed by atoms with Gasteiger partial charge in [0, 0.05) is 11.8 Å². The Balaban J connectivity index is 1.75. The highest BCUT2D eigenvalue weighted by molar-refractivity contribution is 5.59. The third-order valence-electron chi connectivity index (χ3n) is 3.10. The molecule has 0 radical (unpaired) electrons. The van der Waals surface area contributed by atoms with Gasteiger partial charge in [0.1, 0.15) is 17.4 Å². The Morgan fingerprint density at radius 2 is 1.79 bits per heavy atom. The van der Waals surface area contributed by atoms with Crippen molar-refractivity contribution in [2.45, 2.75) is 0 Å². The molecule has 0 amide bonds. The topological polar surface area (TPSA) is 72.0 Å². The van der Waals surface area contributed by atoms with Gasteiger partial charge in [-0.15, -0.1) is 5.10 Å². The van der Waals surface area contributed by atoms with Crippen molar-refractivity contribution in [3.63, 3.8) is 0 Å². The molecule has 1 heterocycles. The Bertz CT molecular complexity index is 842. The Kier molecular flexibility index (Phi) is 4.46. The Morgan fingerprint density at radius 3 is 2.50 bits per heavy atom. The van der Waals surface area contributed by atoms with E-state index in [-0.39, 0.29) is 11.6 Å². The van der Waals surface area contributed by atoms with Crippen molar-refractivity contribution in [3.05, 3.63) is 60.3 Å². The van der Waals surface area contributed by atoms with Crippen molar-refractivity contribution in [1.82, 2.24) is 15.2 Å². The lowest BCUT2D eigenvalue weighted by Gasteiger charge is -2.08. The van der Waals surface area contributed by atoms with Crippen LogP contribution in [0.2, 0.25) is 0 Å². The molecular weight excluding hydrogens is 316 g/mol. The summed E-state index contributed by atoms with van der Waals surface area (Å²) in [6.07, 6.45) is 1.43. The molecule has 0 saturated carbocycles. The smallest absolute Gasteiger partial charge is 0.249 e. The molecule has 0 aliphatic carbocycles. The van der Waals surface area contributed by atoms with Crippen LogP contribution in [0.25, 0.3) is 0 Å². The van der Waals surface area contributed by atoms with Gasteiger partial charge in [-0.25, -0.2) is 8.78 Å². The molecule has 0 unspecified atom stereocenters. The van der Waals surface area contributed by atoms with E-state index in [2.05, 4.69) is 25.8 Å². The second-order valence-corrected chi connectivity index (χ2v) is 4.77. The first-order valence-corrected chi connectivity index (χ1v) is 6.97. The minimum atomic E-state index is -0.743. The van der Waals surface area contributed by atoms with Crippen LogP contribution < -0.4 is 15.4 Å². The number of nitrogens with one attached hydrogen (secondary N) is 2. The molecule has 0 atom stereocenters. The van der Waals surface area contributed by atoms with Crippen LogP contribution in [-0.2, 0) is 0 Å². The van der Waals surface area contributed by atoms with Crippen molar-refractivity contribution in [2.24, 2.45) is 0 Å². The molecule has 0 fully saturated rings. The van der Waals surface area contributed by atoms with E-state index < -0.39 is 11.6 Å². The quantitative estimate of drug-likeness (QED) is 0.744. The van der Waals surface area contributed by atoms with Crippen LogP contribution in [0.4, 0.5) is 31.9 Å². The van der Waals surface area contributed by atoms with Gasteiger partial charge in [0.15, 0.2) is 5.82 Å². The van der Waals surface area contributed by atoms with Gasteiger partial charge in [-0.3, -0.25) is 0 Å². The summed E-state index contributed by atoms with van der Waals surface area (Å²) >= 11 is 0. The van der Waals surface area contributed by atoms with Gasteiger partial charge in [0.2, 0.25) is 5.95 Å². The number of benzene rings is 2. The maximum absolute atomic E-state index is 13.6. The molecule has 8 heteroatoms. The summed E-state index contributed by atoms with van der Waals surface area (Å²) in [5, 5.41) is 13.3. The number of aromatic nitrogens is 3. The first-order chi connectivity index (χ1) is 11.6. The lowest BCUT2D eigenvalue weighted by Crippen LogP contribution is -2.03.